The van der Waals surface area contributed by atoms with E-state index in [9.17, 15) is 4.79 Å². The molecule has 4 nitrogen and oxygen atoms in total. The normalized spacial score (nSPS) is 14.3. The van der Waals surface area contributed by atoms with Gasteiger partial charge in [0.05, 0.1) is 4.88 Å². The predicted molar refractivity (Wildman–Crippen MR) is 109 cm³/mol. The van der Waals surface area contributed by atoms with Crippen molar-refractivity contribution < 1.29 is 4.79 Å². The molecule has 1 aliphatic rings. The quantitative estimate of drug-likeness (QED) is 0.586. The molecule has 26 heavy (non-hydrogen) atoms. The SMILES string of the molecule is O=C(Nc1cccc(-n2cc[nH]c2=S)c1)c1cc2c(s1)CCCCCC2. The molecule has 3 aromatic rings. The van der Waals surface area contributed by atoms with E-state index in [1.54, 1.807) is 17.5 Å². The first-order valence-electron chi connectivity index (χ1n) is 9.00. The summed E-state index contributed by atoms with van der Waals surface area (Å²) in [6, 6.07) is 9.82. The molecule has 0 spiro atoms. The number of nitrogens with one attached hydrogen (secondary N) is 2. The van der Waals surface area contributed by atoms with E-state index in [1.165, 1.54) is 36.1 Å². The number of rotatable bonds is 3. The molecule has 2 N–H and O–H groups in total. The van der Waals surface area contributed by atoms with Crippen LogP contribution in [0, 0.1) is 4.77 Å². The number of aromatic nitrogens is 2. The predicted octanol–water partition coefficient (Wildman–Crippen LogP) is 5.51. The first-order valence-corrected chi connectivity index (χ1v) is 10.2. The van der Waals surface area contributed by atoms with Crippen LogP contribution in [0.4, 0.5) is 5.69 Å². The van der Waals surface area contributed by atoms with E-state index in [-0.39, 0.29) is 5.91 Å². The summed E-state index contributed by atoms with van der Waals surface area (Å²) in [5.74, 6) is -0.0310. The van der Waals surface area contributed by atoms with Crippen LogP contribution in [-0.2, 0) is 12.8 Å². The third-order valence-corrected chi connectivity index (χ3v) is 6.30. The van der Waals surface area contributed by atoms with E-state index < -0.39 is 0 Å². The number of fused-ring (bicyclic) bond motifs is 1. The number of benzene rings is 1. The van der Waals surface area contributed by atoms with Gasteiger partial charge in [-0.1, -0.05) is 18.9 Å². The van der Waals surface area contributed by atoms with Crippen molar-refractivity contribution in [2.24, 2.45) is 0 Å². The summed E-state index contributed by atoms with van der Waals surface area (Å²) in [4.78, 5) is 17.9. The van der Waals surface area contributed by atoms with Gasteiger partial charge in [0, 0.05) is 28.6 Å². The van der Waals surface area contributed by atoms with Gasteiger partial charge in [-0.3, -0.25) is 9.36 Å². The van der Waals surface area contributed by atoms with Crippen molar-refractivity contribution >= 4 is 35.1 Å². The molecule has 2 aromatic heterocycles. The number of aromatic amines is 1. The molecule has 134 valence electrons. The van der Waals surface area contributed by atoms with E-state index in [1.807, 2.05) is 35.0 Å². The molecule has 0 unspecified atom stereocenters. The molecule has 0 radical (unpaired) electrons. The van der Waals surface area contributed by atoms with Gasteiger partial charge in [-0.2, -0.15) is 0 Å². The first kappa shape index (κ1) is 17.2. The number of H-pyrrole nitrogens is 1. The van der Waals surface area contributed by atoms with Gasteiger partial charge in [-0.05, 0) is 67.7 Å². The number of carbonyl (C=O) groups is 1. The Kier molecular flexibility index (Phi) is 5.04. The second-order valence-electron chi connectivity index (χ2n) is 6.61. The van der Waals surface area contributed by atoms with Crippen LogP contribution >= 0.6 is 23.6 Å². The minimum atomic E-state index is -0.0310. The Labute approximate surface area is 161 Å². The number of hydrogen-bond donors (Lipinski definition) is 2. The van der Waals surface area contributed by atoms with Crippen LogP contribution in [0.3, 0.4) is 0 Å². The molecule has 4 rings (SSSR count). The molecule has 0 saturated carbocycles. The van der Waals surface area contributed by atoms with Crippen molar-refractivity contribution in [3.05, 3.63) is 62.8 Å². The zero-order valence-electron chi connectivity index (χ0n) is 14.5. The monoisotopic (exact) mass is 383 g/mol. The summed E-state index contributed by atoms with van der Waals surface area (Å²) in [7, 11) is 0. The fraction of sp³-hybridized carbons (Fsp3) is 0.300. The van der Waals surface area contributed by atoms with Crippen LogP contribution in [0.15, 0.2) is 42.7 Å². The Morgan fingerprint density at radius 2 is 2.00 bits per heavy atom. The molecule has 0 fully saturated rings. The number of hydrogen-bond acceptors (Lipinski definition) is 3. The smallest absolute Gasteiger partial charge is 0.265 e. The van der Waals surface area contributed by atoms with Crippen LogP contribution in [0.2, 0.25) is 0 Å². The summed E-state index contributed by atoms with van der Waals surface area (Å²) < 4.78 is 2.51. The molecule has 6 heteroatoms. The van der Waals surface area contributed by atoms with Crippen LogP contribution in [0.1, 0.15) is 45.8 Å². The average Bonchev–Trinajstić information content (AvgIpc) is 3.21. The lowest BCUT2D eigenvalue weighted by molar-refractivity contribution is 0.103. The lowest BCUT2D eigenvalue weighted by Gasteiger charge is -2.07. The molecule has 0 saturated heterocycles. The third kappa shape index (κ3) is 3.66. The van der Waals surface area contributed by atoms with Crippen molar-refractivity contribution in [2.45, 2.75) is 38.5 Å². The second kappa shape index (κ2) is 7.60. The zero-order valence-corrected chi connectivity index (χ0v) is 16.1. The van der Waals surface area contributed by atoms with Crippen LogP contribution in [-0.4, -0.2) is 15.5 Å². The first-order chi connectivity index (χ1) is 12.7. The summed E-state index contributed by atoms with van der Waals surface area (Å²) in [5.41, 5.74) is 3.07. The molecule has 1 aromatic carbocycles. The Morgan fingerprint density at radius 3 is 2.81 bits per heavy atom. The van der Waals surface area contributed by atoms with Gasteiger partial charge in [0.1, 0.15) is 0 Å². The van der Waals surface area contributed by atoms with Crippen molar-refractivity contribution in [3.63, 3.8) is 0 Å². The fourth-order valence-corrected chi connectivity index (χ4v) is 4.79. The topological polar surface area (TPSA) is 49.8 Å². The molecule has 0 atom stereocenters. The maximum absolute atomic E-state index is 12.7. The summed E-state index contributed by atoms with van der Waals surface area (Å²) in [5, 5.41) is 3.03. The minimum Gasteiger partial charge on any atom is -0.337 e. The van der Waals surface area contributed by atoms with Crippen LogP contribution in [0.25, 0.3) is 5.69 Å². The van der Waals surface area contributed by atoms with Gasteiger partial charge in [0.15, 0.2) is 4.77 Å². The Balaban J connectivity index is 1.54. The Bertz CT molecular complexity index is 957. The third-order valence-electron chi connectivity index (χ3n) is 4.75. The zero-order chi connectivity index (χ0) is 17.9. The van der Waals surface area contributed by atoms with Crippen molar-refractivity contribution in [1.82, 2.24) is 9.55 Å². The summed E-state index contributed by atoms with van der Waals surface area (Å²) >= 11 is 6.92. The Hall–Kier alpha value is -2.18. The highest BCUT2D eigenvalue weighted by Crippen LogP contribution is 2.29. The molecular formula is C20H21N3OS2. The van der Waals surface area contributed by atoms with E-state index in [0.29, 0.717) is 4.77 Å². The number of thiophene rings is 1. The van der Waals surface area contributed by atoms with Crippen molar-refractivity contribution in [2.75, 3.05) is 5.32 Å². The number of nitrogens with zero attached hydrogens (tertiary/aromatic N) is 1. The highest BCUT2D eigenvalue weighted by molar-refractivity contribution is 7.71. The number of amides is 1. The number of carbonyl (C=O) groups excluding carboxylic acids is 1. The Morgan fingerprint density at radius 1 is 1.15 bits per heavy atom. The maximum atomic E-state index is 12.7. The van der Waals surface area contributed by atoms with Gasteiger partial charge in [-0.15, -0.1) is 11.3 Å². The van der Waals surface area contributed by atoms with Crippen LogP contribution < -0.4 is 5.32 Å². The summed E-state index contributed by atoms with van der Waals surface area (Å²) in [6.45, 7) is 0. The van der Waals surface area contributed by atoms with Crippen molar-refractivity contribution in [3.8, 4) is 5.69 Å². The fourth-order valence-electron chi connectivity index (χ4n) is 3.41. The molecule has 1 amide bonds. The number of aryl methyl sites for hydroxylation is 2. The summed E-state index contributed by atoms with van der Waals surface area (Å²) in [6.07, 6.45) is 10.9. The van der Waals surface area contributed by atoms with E-state index >= 15 is 0 Å². The van der Waals surface area contributed by atoms with E-state index in [2.05, 4.69) is 16.4 Å². The van der Waals surface area contributed by atoms with E-state index in [4.69, 9.17) is 12.2 Å². The maximum Gasteiger partial charge on any atom is 0.265 e. The molecule has 2 heterocycles. The van der Waals surface area contributed by atoms with Crippen molar-refractivity contribution in [1.29, 1.82) is 0 Å². The van der Waals surface area contributed by atoms with Crippen LogP contribution in [0.5, 0.6) is 0 Å². The standard InChI is InChI=1S/C20H21N3OS2/c24-19(18-12-14-6-3-1-2-4-9-17(14)26-18)22-15-7-5-8-16(13-15)23-11-10-21-20(23)25/h5,7-8,10-13H,1-4,6,9H2,(H,21,25)(H,22,24). The molecular weight excluding hydrogens is 362 g/mol. The van der Waals surface area contributed by atoms with Gasteiger partial charge in [-0.25, -0.2) is 0 Å². The van der Waals surface area contributed by atoms with Gasteiger partial charge < -0.3 is 10.3 Å². The molecule has 1 aliphatic carbocycles. The van der Waals surface area contributed by atoms with Gasteiger partial charge in [0.25, 0.3) is 5.91 Å². The molecule has 0 bridgehead atoms. The van der Waals surface area contributed by atoms with Gasteiger partial charge >= 0.3 is 0 Å². The average molecular weight is 384 g/mol. The number of anilines is 1. The van der Waals surface area contributed by atoms with E-state index in [0.717, 1.165) is 29.1 Å². The highest BCUT2D eigenvalue weighted by Gasteiger charge is 2.16. The minimum absolute atomic E-state index is 0.0310. The van der Waals surface area contributed by atoms with Gasteiger partial charge in [0.2, 0.25) is 0 Å². The largest absolute Gasteiger partial charge is 0.337 e. The number of imidazole rings is 1. The second-order valence-corrected chi connectivity index (χ2v) is 8.14. The lowest BCUT2D eigenvalue weighted by atomic mass is 10.00. The lowest BCUT2D eigenvalue weighted by Crippen LogP contribution is -2.10. The highest BCUT2D eigenvalue weighted by atomic mass is 32.1. The molecule has 0 aliphatic heterocycles.